The summed E-state index contributed by atoms with van der Waals surface area (Å²) in [5.41, 5.74) is 2.29. The number of anilines is 1. The van der Waals surface area contributed by atoms with E-state index in [1.165, 1.54) is 47.0 Å². The maximum Gasteiger partial charge on any atom is 0.257 e. The van der Waals surface area contributed by atoms with Crippen LogP contribution in [0.2, 0.25) is 0 Å². The Hall–Kier alpha value is -2.29. The van der Waals surface area contributed by atoms with Crippen molar-refractivity contribution in [1.82, 2.24) is 9.29 Å². The zero-order valence-electron chi connectivity index (χ0n) is 15.6. The van der Waals surface area contributed by atoms with Crippen molar-refractivity contribution in [1.29, 1.82) is 0 Å². The van der Waals surface area contributed by atoms with Gasteiger partial charge >= 0.3 is 0 Å². The number of carbonyl (C=O) groups excluding carboxylic acids is 1. The maximum absolute atomic E-state index is 12.5. The van der Waals surface area contributed by atoms with E-state index in [0.29, 0.717) is 10.7 Å². The van der Waals surface area contributed by atoms with Crippen LogP contribution in [0.15, 0.2) is 47.4 Å². The van der Waals surface area contributed by atoms with Gasteiger partial charge in [-0.25, -0.2) is 13.4 Å². The van der Waals surface area contributed by atoms with Crippen molar-refractivity contribution >= 4 is 42.6 Å². The standard InChI is InChI=1S/C19H21N3O3S2/c1-12(2)22(4)27(24,25)15-10-8-14(9-11-15)18(23)21-19-20-17-13(3)6-5-7-16(17)26-19/h5-12H,1-4H3,(H,20,21,23). The highest BCUT2D eigenvalue weighted by atomic mass is 32.2. The van der Waals surface area contributed by atoms with Gasteiger partial charge in [-0.1, -0.05) is 23.5 Å². The topological polar surface area (TPSA) is 79.4 Å². The first-order valence-corrected chi connectivity index (χ1v) is 10.7. The number of rotatable bonds is 5. The van der Waals surface area contributed by atoms with Crippen LogP contribution >= 0.6 is 11.3 Å². The average molecular weight is 404 g/mol. The predicted molar refractivity (Wildman–Crippen MR) is 109 cm³/mol. The molecule has 0 aliphatic heterocycles. The number of hydrogen-bond donors (Lipinski definition) is 1. The van der Waals surface area contributed by atoms with E-state index in [0.717, 1.165) is 15.8 Å². The molecule has 1 aromatic heterocycles. The third-order valence-corrected chi connectivity index (χ3v) is 7.35. The Bertz CT molecular complexity index is 1090. The van der Waals surface area contributed by atoms with Crippen LogP contribution in [-0.2, 0) is 10.0 Å². The van der Waals surface area contributed by atoms with Crippen molar-refractivity contribution < 1.29 is 13.2 Å². The quantitative estimate of drug-likeness (QED) is 0.701. The fourth-order valence-electron chi connectivity index (χ4n) is 2.53. The van der Waals surface area contributed by atoms with Gasteiger partial charge < -0.3 is 0 Å². The second-order valence-corrected chi connectivity index (χ2v) is 9.56. The summed E-state index contributed by atoms with van der Waals surface area (Å²) in [5.74, 6) is -0.326. The molecular weight excluding hydrogens is 382 g/mol. The van der Waals surface area contributed by atoms with Crippen molar-refractivity contribution in [3.63, 3.8) is 0 Å². The van der Waals surface area contributed by atoms with Gasteiger partial charge in [0.1, 0.15) is 0 Å². The lowest BCUT2D eigenvalue weighted by atomic mass is 10.2. The van der Waals surface area contributed by atoms with Crippen LogP contribution in [0.5, 0.6) is 0 Å². The second kappa shape index (κ2) is 7.38. The molecule has 142 valence electrons. The number of para-hydroxylation sites is 1. The van der Waals surface area contributed by atoms with E-state index in [9.17, 15) is 13.2 Å². The molecule has 1 N–H and O–H groups in total. The van der Waals surface area contributed by atoms with E-state index < -0.39 is 10.0 Å². The number of carbonyl (C=O) groups is 1. The lowest BCUT2D eigenvalue weighted by molar-refractivity contribution is 0.102. The summed E-state index contributed by atoms with van der Waals surface area (Å²) in [6.07, 6.45) is 0. The number of amides is 1. The Labute approximate surface area is 162 Å². The van der Waals surface area contributed by atoms with E-state index in [1.54, 1.807) is 13.8 Å². The molecule has 0 saturated heterocycles. The molecular formula is C19H21N3O3S2. The lowest BCUT2D eigenvalue weighted by Crippen LogP contribution is -2.33. The molecule has 1 amide bonds. The number of nitrogens with zero attached hydrogens (tertiary/aromatic N) is 2. The number of aromatic nitrogens is 1. The van der Waals surface area contributed by atoms with Crippen molar-refractivity contribution in [2.75, 3.05) is 12.4 Å². The molecule has 0 spiro atoms. The van der Waals surface area contributed by atoms with Crippen LogP contribution < -0.4 is 5.32 Å². The zero-order chi connectivity index (χ0) is 19.8. The molecule has 0 atom stereocenters. The van der Waals surface area contributed by atoms with Gasteiger partial charge in [0.25, 0.3) is 5.91 Å². The molecule has 3 aromatic rings. The lowest BCUT2D eigenvalue weighted by Gasteiger charge is -2.20. The maximum atomic E-state index is 12.5. The van der Waals surface area contributed by atoms with Gasteiger partial charge in [0.15, 0.2) is 5.13 Å². The highest BCUT2D eigenvalue weighted by Gasteiger charge is 2.23. The normalized spacial score (nSPS) is 12.1. The van der Waals surface area contributed by atoms with E-state index >= 15 is 0 Å². The summed E-state index contributed by atoms with van der Waals surface area (Å²) in [5, 5.41) is 3.30. The molecule has 3 rings (SSSR count). The fraction of sp³-hybridized carbons (Fsp3) is 0.263. The molecule has 0 aliphatic carbocycles. The summed E-state index contributed by atoms with van der Waals surface area (Å²) in [6, 6.07) is 11.7. The summed E-state index contributed by atoms with van der Waals surface area (Å²) < 4.78 is 27.3. The SMILES string of the molecule is Cc1cccc2sc(NC(=O)c3ccc(S(=O)(=O)N(C)C(C)C)cc3)nc12. The van der Waals surface area contributed by atoms with Crippen LogP contribution in [0.25, 0.3) is 10.2 Å². The van der Waals surface area contributed by atoms with Crippen LogP contribution in [-0.4, -0.2) is 36.7 Å². The number of nitrogens with one attached hydrogen (secondary N) is 1. The first-order chi connectivity index (χ1) is 12.7. The van der Waals surface area contributed by atoms with Crippen molar-refractivity contribution in [3.8, 4) is 0 Å². The predicted octanol–water partition coefficient (Wildman–Crippen LogP) is 3.89. The van der Waals surface area contributed by atoms with Crippen molar-refractivity contribution in [3.05, 3.63) is 53.6 Å². The number of benzene rings is 2. The number of sulfonamides is 1. The van der Waals surface area contributed by atoms with Gasteiger partial charge in [0.05, 0.1) is 15.1 Å². The first kappa shape index (κ1) is 19.5. The highest BCUT2D eigenvalue weighted by molar-refractivity contribution is 7.89. The number of aryl methyl sites for hydroxylation is 1. The second-order valence-electron chi connectivity index (χ2n) is 6.53. The Morgan fingerprint density at radius 3 is 2.41 bits per heavy atom. The van der Waals surface area contributed by atoms with Crippen LogP contribution in [0.1, 0.15) is 29.8 Å². The average Bonchev–Trinajstić information content (AvgIpc) is 3.05. The van der Waals surface area contributed by atoms with E-state index in [2.05, 4.69) is 10.3 Å². The number of fused-ring (bicyclic) bond motifs is 1. The third-order valence-electron chi connectivity index (χ3n) is 4.36. The minimum absolute atomic E-state index is 0.152. The number of hydrogen-bond acceptors (Lipinski definition) is 5. The van der Waals surface area contributed by atoms with Gasteiger partial charge in [-0.15, -0.1) is 0 Å². The van der Waals surface area contributed by atoms with Crippen molar-refractivity contribution in [2.24, 2.45) is 0 Å². The van der Waals surface area contributed by atoms with Gasteiger partial charge in [-0.2, -0.15) is 4.31 Å². The third kappa shape index (κ3) is 3.87. The first-order valence-electron chi connectivity index (χ1n) is 8.46. The molecule has 6 nitrogen and oxygen atoms in total. The molecule has 0 bridgehead atoms. The Kier molecular flexibility index (Phi) is 5.32. The summed E-state index contributed by atoms with van der Waals surface area (Å²) in [7, 11) is -2.03. The van der Waals surface area contributed by atoms with Gasteiger partial charge in [0.2, 0.25) is 10.0 Å². The smallest absolute Gasteiger partial charge is 0.257 e. The largest absolute Gasteiger partial charge is 0.298 e. The minimum atomic E-state index is -3.57. The molecule has 0 radical (unpaired) electrons. The van der Waals surface area contributed by atoms with E-state index in [-0.39, 0.29) is 16.8 Å². The molecule has 0 aliphatic rings. The Balaban J connectivity index is 1.80. The highest BCUT2D eigenvalue weighted by Crippen LogP contribution is 2.28. The molecule has 0 saturated carbocycles. The molecule has 27 heavy (non-hydrogen) atoms. The fourth-order valence-corrected chi connectivity index (χ4v) is 4.84. The minimum Gasteiger partial charge on any atom is -0.298 e. The summed E-state index contributed by atoms with van der Waals surface area (Å²) in [6.45, 7) is 5.58. The van der Waals surface area contributed by atoms with E-state index in [1.807, 2.05) is 25.1 Å². The monoisotopic (exact) mass is 403 g/mol. The van der Waals surface area contributed by atoms with Crippen LogP contribution in [0.3, 0.4) is 0 Å². The summed E-state index contributed by atoms with van der Waals surface area (Å²) in [4.78, 5) is 17.1. The summed E-state index contributed by atoms with van der Waals surface area (Å²) >= 11 is 1.40. The van der Waals surface area contributed by atoms with Crippen LogP contribution in [0.4, 0.5) is 5.13 Å². The zero-order valence-corrected chi connectivity index (χ0v) is 17.2. The van der Waals surface area contributed by atoms with Gasteiger partial charge in [0, 0.05) is 18.7 Å². The van der Waals surface area contributed by atoms with Gasteiger partial charge in [-0.05, 0) is 56.7 Å². The molecule has 2 aromatic carbocycles. The molecule has 0 unspecified atom stereocenters. The molecule has 1 heterocycles. The van der Waals surface area contributed by atoms with Gasteiger partial charge in [-0.3, -0.25) is 10.1 Å². The number of thiazole rings is 1. The van der Waals surface area contributed by atoms with E-state index in [4.69, 9.17) is 0 Å². The van der Waals surface area contributed by atoms with Crippen molar-refractivity contribution in [2.45, 2.75) is 31.7 Å². The molecule has 8 heteroatoms. The molecule has 0 fully saturated rings. The van der Waals surface area contributed by atoms with Crippen LogP contribution in [0, 0.1) is 6.92 Å². The Morgan fingerprint density at radius 2 is 1.81 bits per heavy atom. The Morgan fingerprint density at radius 1 is 1.15 bits per heavy atom.